The Kier molecular flexibility index (Phi) is 62.3. The zero-order valence-corrected chi connectivity index (χ0v) is 51.3. The van der Waals surface area contributed by atoms with Gasteiger partial charge >= 0.3 is 17.9 Å². The van der Waals surface area contributed by atoms with E-state index in [1.807, 2.05) is 0 Å². The van der Waals surface area contributed by atoms with Gasteiger partial charge in [-0.25, -0.2) is 0 Å². The van der Waals surface area contributed by atoms with E-state index in [9.17, 15) is 14.4 Å². The van der Waals surface area contributed by atoms with Crippen molar-refractivity contribution in [2.45, 2.75) is 297 Å². The summed E-state index contributed by atoms with van der Waals surface area (Å²) < 4.78 is 16.9. The van der Waals surface area contributed by atoms with Gasteiger partial charge in [0.2, 0.25) is 0 Å². The van der Waals surface area contributed by atoms with Crippen molar-refractivity contribution in [2.75, 3.05) is 13.2 Å². The molecule has 0 spiro atoms. The van der Waals surface area contributed by atoms with Crippen LogP contribution in [0.3, 0.4) is 0 Å². The number of rotatable bonds is 58. The van der Waals surface area contributed by atoms with Crippen molar-refractivity contribution in [2.24, 2.45) is 0 Å². The molecular formula is C73H120O6. The summed E-state index contributed by atoms with van der Waals surface area (Å²) in [7, 11) is 0. The number of unbranched alkanes of at least 4 members (excludes halogenated alkanes) is 25. The highest BCUT2D eigenvalue weighted by molar-refractivity contribution is 5.71. The van der Waals surface area contributed by atoms with Crippen LogP contribution in [0.2, 0.25) is 0 Å². The minimum absolute atomic E-state index is 0.0904. The van der Waals surface area contributed by atoms with Crippen LogP contribution >= 0.6 is 0 Å². The van der Waals surface area contributed by atoms with E-state index in [-0.39, 0.29) is 31.1 Å². The third-order valence-electron chi connectivity index (χ3n) is 13.6. The number of carbonyl (C=O) groups excluding carboxylic acids is 3. The van der Waals surface area contributed by atoms with Gasteiger partial charge in [-0.1, -0.05) is 283 Å². The lowest BCUT2D eigenvalue weighted by Crippen LogP contribution is -2.30. The first-order chi connectivity index (χ1) is 39.0. The Morgan fingerprint density at radius 2 is 0.494 bits per heavy atom. The second kappa shape index (κ2) is 66.1. The Morgan fingerprint density at radius 1 is 0.266 bits per heavy atom. The predicted octanol–water partition coefficient (Wildman–Crippen LogP) is 22.5. The van der Waals surface area contributed by atoms with E-state index in [1.165, 1.54) is 89.9 Å². The van der Waals surface area contributed by atoms with Crippen LogP contribution in [0.1, 0.15) is 290 Å². The lowest BCUT2D eigenvalue weighted by atomic mass is 10.0. The molecule has 0 aromatic carbocycles. The van der Waals surface area contributed by atoms with Gasteiger partial charge < -0.3 is 14.2 Å². The number of allylic oxidation sites excluding steroid dienone is 22. The highest BCUT2D eigenvalue weighted by atomic mass is 16.6. The van der Waals surface area contributed by atoms with E-state index < -0.39 is 6.10 Å². The maximum atomic E-state index is 12.9. The standard InChI is InChI=1S/C73H120O6/c1-4-7-10-13-16-19-22-25-27-28-29-30-31-32-33-34-35-36-37-38-39-40-41-42-43-44-46-48-51-54-57-60-63-66-72(75)78-69-70(68-77-71(74)65-62-59-56-53-50-47-24-21-18-15-12-9-6-3)79-73(76)67-64-61-58-55-52-49-45-26-23-20-17-14-11-8-5-2/h7,10,16-17,19-20,25-27,29-30,32-33,35-36,38-39,41-42,44-46,70H,4-6,8-9,11-15,18,21-24,28,31,34,37,40,43,47-69H2,1-3H3/b10-7-,19-16-,20-17-,27-25-,30-29-,33-32-,36-35-,39-38-,42-41-,45-26-,46-44-. The summed E-state index contributed by atoms with van der Waals surface area (Å²) in [6, 6.07) is 0. The molecular weight excluding hydrogens is 973 g/mol. The van der Waals surface area contributed by atoms with Crippen molar-refractivity contribution in [3.8, 4) is 0 Å². The van der Waals surface area contributed by atoms with Crippen molar-refractivity contribution in [1.29, 1.82) is 0 Å². The fourth-order valence-corrected chi connectivity index (χ4v) is 8.76. The Balaban J connectivity index is 4.32. The maximum Gasteiger partial charge on any atom is 0.306 e. The summed E-state index contributed by atoms with van der Waals surface area (Å²) in [5.74, 6) is -0.921. The molecule has 0 aliphatic heterocycles. The molecule has 0 aliphatic rings. The summed E-state index contributed by atoms with van der Waals surface area (Å²) in [5.41, 5.74) is 0. The first-order valence-corrected chi connectivity index (χ1v) is 32.7. The Labute approximate surface area is 487 Å². The fourth-order valence-electron chi connectivity index (χ4n) is 8.76. The minimum atomic E-state index is -0.796. The number of ether oxygens (including phenoxy) is 3. The highest BCUT2D eigenvalue weighted by Crippen LogP contribution is 2.15. The molecule has 1 unspecified atom stereocenters. The third-order valence-corrected chi connectivity index (χ3v) is 13.6. The Morgan fingerprint density at radius 3 is 0.797 bits per heavy atom. The molecule has 0 N–H and O–H groups in total. The second-order valence-electron chi connectivity index (χ2n) is 21.3. The van der Waals surface area contributed by atoms with Crippen LogP contribution < -0.4 is 0 Å². The molecule has 0 radical (unpaired) electrons. The van der Waals surface area contributed by atoms with E-state index in [1.54, 1.807) is 0 Å². The van der Waals surface area contributed by atoms with Crippen LogP contribution in [-0.2, 0) is 28.6 Å². The smallest absolute Gasteiger partial charge is 0.306 e. The predicted molar refractivity (Wildman–Crippen MR) is 343 cm³/mol. The summed E-state index contributed by atoms with van der Waals surface area (Å²) in [5, 5.41) is 0. The molecule has 0 amide bonds. The van der Waals surface area contributed by atoms with Gasteiger partial charge in [-0.15, -0.1) is 0 Å². The first kappa shape index (κ1) is 74.5. The van der Waals surface area contributed by atoms with Crippen LogP contribution in [0.25, 0.3) is 0 Å². The fraction of sp³-hybridized carbons (Fsp3) is 0.658. The van der Waals surface area contributed by atoms with Crippen molar-refractivity contribution < 1.29 is 28.6 Å². The van der Waals surface area contributed by atoms with Gasteiger partial charge in [0.15, 0.2) is 6.10 Å². The van der Waals surface area contributed by atoms with Gasteiger partial charge in [-0.2, -0.15) is 0 Å². The van der Waals surface area contributed by atoms with Crippen molar-refractivity contribution in [3.63, 3.8) is 0 Å². The molecule has 0 aromatic rings. The Bertz CT molecular complexity index is 1680. The number of esters is 3. The average molecular weight is 1090 g/mol. The third kappa shape index (κ3) is 64.3. The molecule has 0 bridgehead atoms. The number of carbonyl (C=O) groups is 3. The molecule has 0 heterocycles. The number of hydrogen-bond donors (Lipinski definition) is 0. The normalized spacial score (nSPS) is 13.0. The van der Waals surface area contributed by atoms with Gasteiger partial charge in [-0.3, -0.25) is 14.4 Å². The van der Waals surface area contributed by atoms with Crippen molar-refractivity contribution >= 4 is 17.9 Å². The molecule has 1 atom stereocenters. The molecule has 6 nitrogen and oxygen atoms in total. The van der Waals surface area contributed by atoms with E-state index in [0.29, 0.717) is 19.3 Å². The van der Waals surface area contributed by atoms with Crippen LogP contribution in [0.5, 0.6) is 0 Å². The van der Waals surface area contributed by atoms with Crippen molar-refractivity contribution in [3.05, 3.63) is 134 Å². The molecule has 0 saturated heterocycles. The molecule has 448 valence electrons. The monoisotopic (exact) mass is 1090 g/mol. The van der Waals surface area contributed by atoms with Gasteiger partial charge in [0.25, 0.3) is 0 Å². The van der Waals surface area contributed by atoms with Gasteiger partial charge in [0.1, 0.15) is 13.2 Å². The van der Waals surface area contributed by atoms with Gasteiger partial charge in [0, 0.05) is 19.3 Å². The van der Waals surface area contributed by atoms with Gasteiger partial charge in [-0.05, 0) is 122 Å². The molecule has 79 heavy (non-hydrogen) atoms. The second-order valence-corrected chi connectivity index (χ2v) is 21.3. The zero-order valence-electron chi connectivity index (χ0n) is 51.3. The summed E-state index contributed by atoms with van der Waals surface area (Å²) in [4.78, 5) is 38.3. The quantitative estimate of drug-likeness (QED) is 0.0261. The molecule has 6 heteroatoms. The SMILES string of the molecule is CC/C=C\C/C=C\C/C=C\C/C=C\C/C=C\C/C=C\C/C=C\C/C=C\C/C=C\CCCCCCCC(=O)OCC(COC(=O)CCCCCCCCCCCCCCC)OC(=O)CCCCCCC/C=C\C/C=C\CCCCC. The van der Waals surface area contributed by atoms with Crippen LogP contribution in [0.4, 0.5) is 0 Å². The summed E-state index contributed by atoms with van der Waals surface area (Å²) in [6.07, 6.45) is 93.1. The zero-order chi connectivity index (χ0) is 57.1. The van der Waals surface area contributed by atoms with Crippen LogP contribution in [-0.4, -0.2) is 37.2 Å². The first-order valence-electron chi connectivity index (χ1n) is 32.7. The molecule has 0 aromatic heterocycles. The average Bonchev–Trinajstić information content (AvgIpc) is 3.45. The molecule has 0 rings (SSSR count). The molecule has 0 aliphatic carbocycles. The highest BCUT2D eigenvalue weighted by Gasteiger charge is 2.19. The lowest BCUT2D eigenvalue weighted by Gasteiger charge is -2.18. The van der Waals surface area contributed by atoms with Crippen LogP contribution in [0.15, 0.2) is 134 Å². The van der Waals surface area contributed by atoms with Gasteiger partial charge in [0.05, 0.1) is 0 Å². The largest absolute Gasteiger partial charge is 0.462 e. The maximum absolute atomic E-state index is 12.9. The number of hydrogen-bond acceptors (Lipinski definition) is 6. The molecule has 0 fully saturated rings. The van der Waals surface area contributed by atoms with E-state index in [4.69, 9.17) is 14.2 Å². The summed E-state index contributed by atoms with van der Waals surface area (Å²) in [6.45, 7) is 6.48. The van der Waals surface area contributed by atoms with Crippen LogP contribution in [0, 0.1) is 0 Å². The Hall–Kier alpha value is -4.45. The topological polar surface area (TPSA) is 78.9 Å². The summed E-state index contributed by atoms with van der Waals surface area (Å²) >= 11 is 0. The van der Waals surface area contributed by atoms with E-state index >= 15 is 0 Å². The van der Waals surface area contributed by atoms with E-state index in [0.717, 1.165) is 161 Å². The lowest BCUT2D eigenvalue weighted by molar-refractivity contribution is -0.167. The van der Waals surface area contributed by atoms with E-state index in [2.05, 4.69) is 154 Å². The van der Waals surface area contributed by atoms with Crippen molar-refractivity contribution in [1.82, 2.24) is 0 Å². The minimum Gasteiger partial charge on any atom is -0.462 e. The molecule has 0 saturated carbocycles.